The molecule has 0 atom stereocenters. The van der Waals surface area contributed by atoms with Gasteiger partial charge in [0.05, 0.1) is 18.8 Å². The van der Waals surface area contributed by atoms with Gasteiger partial charge >= 0.3 is 0 Å². The molecule has 0 amide bonds. The lowest BCUT2D eigenvalue weighted by Crippen LogP contribution is -2.27. The van der Waals surface area contributed by atoms with Crippen LogP contribution in [0.2, 0.25) is 5.04 Å². The number of benzene rings is 1. The van der Waals surface area contributed by atoms with E-state index in [9.17, 15) is 10.2 Å². The lowest BCUT2D eigenvalue weighted by Gasteiger charge is -2.31. The molecule has 4 heteroatoms. The molecule has 0 aliphatic heterocycles. The van der Waals surface area contributed by atoms with Crippen molar-refractivity contribution in [1.29, 1.82) is 0 Å². The van der Waals surface area contributed by atoms with E-state index in [-0.39, 0.29) is 23.9 Å². The number of aliphatic hydroxyl groups excluding tert-OH is 2. The van der Waals surface area contributed by atoms with Crippen LogP contribution in [0, 0.1) is 0 Å². The molecule has 0 saturated heterocycles. The van der Waals surface area contributed by atoms with Crippen molar-refractivity contribution in [1.82, 2.24) is 0 Å². The van der Waals surface area contributed by atoms with Crippen molar-refractivity contribution >= 4 is 9.76 Å². The second-order valence-corrected chi connectivity index (χ2v) is 9.36. The minimum absolute atomic E-state index is 0.0474. The summed E-state index contributed by atoms with van der Waals surface area (Å²) in [6.45, 7) is 10.6. The first-order valence-electron chi connectivity index (χ1n) is 6.67. The molecule has 3 nitrogen and oxygen atoms in total. The van der Waals surface area contributed by atoms with E-state index in [0.717, 1.165) is 16.7 Å². The Hall–Kier alpha value is -0.683. The van der Waals surface area contributed by atoms with Crippen LogP contribution in [0.1, 0.15) is 51.3 Å². The Balaban J connectivity index is 2.94. The van der Waals surface area contributed by atoms with Gasteiger partial charge in [0.25, 0.3) is 0 Å². The Morgan fingerprint density at radius 3 is 2.05 bits per heavy atom. The summed E-state index contributed by atoms with van der Waals surface area (Å²) < 4.78 is 6.15. The quantitative estimate of drug-likeness (QED) is 0.814. The third kappa shape index (κ3) is 4.73. The van der Waals surface area contributed by atoms with Crippen molar-refractivity contribution in [2.75, 3.05) is 0 Å². The maximum Gasteiger partial charge on any atom is 0.168 e. The second-order valence-electron chi connectivity index (χ2n) is 6.66. The standard InChI is InChI=1S/C15H26O3Si/c1-14(2,3)19-18-15(4,5)13-7-6-11(9-16)12(8-13)10-17/h6-8,16-17H,9-10,19H2,1-5H3. The number of rotatable bonds is 5. The minimum atomic E-state index is -0.644. The zero-order valence-corrected chi connectivity index (χ0v) is 14.1. The molecule has 0 saturated carbocycles. The Kier molecular flexibility index (Phi) is 5.32. The lowest BCUT2D eigenvalue weighted by molar-refractivity contribution is 0.109. The van der Waals surface area contributed by atoms with E-state index in [1.807, 2.05) is 18.2 Å². The molecule has 0 aliphatic rings. The SMILES string of the molecule is CC(C)(C)[SiH2]OC(C)(C)c1ccc(CO)c(CO)c1. The minimum Gasteiger partial charge on any atom is -0.415 e. The highest BCUT2D eigenvalue weighted by Crippen LogP contribution is 2.30. The fourth-order valence-electron chi connectivity index (χ4n) is 1.78. The van der Waals surface area contributed by atoms with Gasteiger partial charge in [0, 0.05) is 0 Å². The second kappa shape index (κ2) is 6.18. The molecule has 0 heterocycles. The summed E-state index contributed by atoms with van der Waals surface area (Å²) in [5.74, 6) is 0. The van der Waals surface area contributed by atoms with E-state index in [1.54, 1.807) is 0 Å². The van der Waals surface area contributed by atoms with E-state index in [0.29, 0.717) is 0 Å². The molecule has 1 aromatic carbocycles. The van der Waals surface area contributed by atoms with Crippen molar-refractivity contribution in [3.05, 3.63) is 34.9 Å². The average molecular weight is 282 g/mol. The van der Waals surface area contributed by atoms with Crippen LogP contribution in [0.4, 0.5) is 0 Å². The molecule has 0 unspecified atom stereocenters. The summed E-state index contributed by atoms with van der Waals surface area (Å²) in [5, 5.41) is 18.8. The number of aliphatic hydroxyl groups is 2. The highest BCUT2D eigenvalue weighted by Gasteiger charge is 2.25. The molecule has 19 heavy (non-hydrogen) atoms. The van der Waals surface area contributed by atoms with E-state index < -0.39 is 9.76 Å². The first-order chi connectivity index (χ1) is 8.69. The normalized spacial score (nSPS) is 13.4. The molecular weight excluding hydrogens is 256 g/mol. The lowest BCUT2D eigenvalue weighted by atomic mass is 9.94. The zero-order valence-electron chi connectivity index (χ0n) is 12.7. The highest BCUT2D eigenvalue weighted by molar-refractivity contribution is 6.31. The Bertz CT molecular complexity index is 422. The fraction of sp³-hybridized carbons (Fsp3) is 0.600. The molecule has 0 radical (unpaired) electrons. The summed E-state index contributed by atoms with van der Waals surface area (Å²) in [6.07, 6.45) is 0. The number of hydrogen-bond acceptors (Lipinski definition) is 3. The maximum atomic E-state index is 9.36. The van der Waals surface area contributed by atoms with E-state index in [1.165, 1.54) is 0 Å². The molecule has 1 rings (SSSR count). The van der Waals surface area contributed by atoms with Gasteiger partial charge in [-0.25, -0.2) is 0 Å². The molecular formula is C15H26O3Si. The van der Waals surface area contributed by atoms with Gasteiger partial charge in [-0.3, -0.25) is 0 Å². The van der Waals surface area contributed by atoms with Crippen molar-refractivity contribution in [3.63, 3.8) is 0 Å². The Morgan fingerprint density at radius 1 is 1.00 bits per heavy atom. The predicted molar refractivity (Wildman–Crippen MR) is 80.7 cm³/mol. The van der Waals surface area contributed by atoms with Crippen LogP contribution in [0.25, 0.3) is 0 Å². The summed E-state index contributed by atoms with van der Waals surface area (Å²) in [4.78, 5) is 0. The molecule has 108 valence electrons. The van der Waals surface area contributed by atoms with E-state index >= 15 is 0 Å². The van der Waals surface area contributed by atoms with E-state index in [2.05, 4.69) is 34.6 Å². The summed E-state index contributed by atoms with van der Waals surface area (Å²) in [6, 6.07) is 5.77. The highest BCUT2D eigenvalue weighted by atomic mass is 28.2. The van der Waals surface area contributed by atoms with Crippen LogP contribution >= 0.6 is 0 Å². The summed E-state index contributed by atoms with van der Waals surface area (Å²) in [7, 11) is -0.644. The molecule has 0 fully saturated rings. The topological polar surface area (TPSA) is 49.7 Å². The third-order valence-electron chi connectivity index (χ3n) is 3.11. The van der Waals surface area contributed by atoms with Crippen molar-refractivity contribution in [2.45, 2.75) is 58.5 Å². The van der Waals surface area contributed by atoms with Gasteiger partial charge in [-0.1, -0.05) is 39.0 Å². The smallest absolute Gasteiger partial charge is 0.168 e. The van der Waals surface area contributed by atoms with Gasteiger partial charge in [0.1, 0.15) is 0 Å². The van der Waals surface area contributed by atoms with Crippen LogP contribution in [0.5, 0.6) is 0 Å². The third-order valence-corrected chi connectivity index (χ3v) is 4.84. The van der Waals surface area contributed by atoms with Gasteiger partial charge in [0.2, 0.25) is 0 Å². The number of hydrogen-bond donors (Lipinski definition) is 2. The van der Waals surface area contributed by atoms with Gasteiger partial charge in [-0.15, -0.1) is 0 Å². The van der Waals surface area contributed by atoms with Crippen LogP contribution in [0.15, 0.2) is 18.2 Å². The molecule has 2 N–H and O–H groups in total. The molecule has 0 aromatic heterocycles. The van der Waals surface area contributed by atoms with Crippen LogP contribution in [0.3, 0.4) is 0 Å². The average Bonchev–Trinajstić information content (AvgIpc) is 2.35. The fourth-order valence-corrected chi connectivity index (χ4v) is 2.74. The van der Waals surface area contributed by atoms with Gasteiger partial charge in [-0.2, -0.15) is 0 Å². The van der Waals surface area contributed by atoms with Crippen LogP contribution < -0.4 is 0 Å². The van der Waals surface area contributed by atoms with Gasteiger partial charge < -0.3 is 14.6 Å². The summed E-state index contributed by atoms with van der Waals surface area (Å²) in [5.41, 5.74) is 2.24. The van der Waals surface area contributed by atoms with Crippen molar-refractivity contribution in [2.24, 2.45) is 0 Å². The molecule has 1 aromatic rings. The van der Waals surface area contributed by atoms with Crippen LogP contribution in [-0.2, 0) is 23.2 Å². The van der Waals surface area contributed by atoms with E-state index in [4.69, 9.17) is 4.43 Å². The monoisotopic (exact) mass is 282 g/mol. The van der Waals surface area contributed by atoms with Gasteiger partial charge in [-0.05, 0) is 35.6 Å². The zero-order chi connectivity index (χ0) is 14.7. The Labute approximate surface area is 118 Å². The maximum absolute atomic E-state index is 9.36. The van der Waals surface area contributed by atoms with Crippen molar-refractivity contribution in [3.8, 4) is 0 Å². The Morgan fingerprint density at radius 2 is 1.58 bits per heavy atom. The van der Waals surface area contributed by atoms with Crippen molar-refractivity contribution < 1.29 is 14.6 Å². The largest absolute Gasteiger partial charge is 0.415 e. The van der Waals surface area contributed by atoms with Gasteiger partial charge in [0.15, 0.2) is 9.76 Å². The molecule has 0 aliphatic carbocycles. The first-order valence-corrected chi connectivity index (χ1v) is 7.96. The van der Waals surface area contributed by atoms with Crippen LogP contribution in [-0.4, -0.2) is 20.0 Å². The predicted octanol–water partition coefficient (Wildman–Crippen LogP) is 2.23. The molecule has 0 spiro atoms. The first kappa shape index (κ1) is 16.4. The summed E-state index contributed by atoms with van der Waals surface area (Å²) >= 11 is 0. The molecule has 0 bridgehead atoms.